The molecule has 0 saturated carbocycles. The third-order valence-corrected chi connectivity index (χ3v) is 17.0. The van der Waals surface area contributed by atoms with Gasteiger partial charge in [0.25, 0.3) is 0 Å². The van der Waals surface area contributed by atoms with E-state index in [1.54, 1.807) is 0 Å². The highest BCUT2D eigenvalue weighted by Crippen LogP contribution is 2.64. The lowest BCUT2D eigenvalue weighted by atomic mass is 9.70. The van der Waals surface area contributed by atoms with Crippen LogP contribution in [-0.4, -0.2) is 0 Å². The lowest BCUT2D eigenvalue weighted by Gasteiger charge is -2.33. The summed E-state index contributed by atoms with van der Waals surface area (Å²) < 4.78 is 0. The highest BCUT2D eigenvalue weighted by molar-refractivity contribution is 6.10. The Morgan fingerprint density at radius 2 is 0.671 bits per heavy atom. The van der Waals surface area contributed by atoms with Gasteiger partial charge >= 0.3 is 0 Å². The van der Waals surface area contributed by atoms with Crippen molar-refractivity contribution in [3.05, 3.63) is 269 Å². The fourth-order valence-electron chi connectivity index (χ4n) is 14.1. The Hall–Kier alpha value is -8.26. The van der Waals surface area contributed by atoms with Crippen molar-refractivity contribution in [2.75, 3.05) is 4.90 Å². The third-order valence-electron chi connectivity index (χ3n) is 17.0. The zero-order chi connectivity index (χ0) is 46.7. The Morgan fingerprint density at radius 1 is 0.300 bits per heavy atom. The molecule has 0 saturated heterocycles. The van der Waals surface area contributed by atoms with Gasteiger partial charge < -0.3 is 4.90 Å². The van der Waals surface area contributed by atoms with Gasteiger partial charge in [0.1, 0.15) is 0 Å². The Labute approximate surface area is 410 Å². The van der Waals surface area contributed by atoms with E-state index in [0.29, 0.717) is 0 Å². The van der Waals surface area contributed by atoms with Crippen LogP contribution in [0.4, 0.5) is 17.1 Å². The van der Waals surface area contributed by atoms with E-state index in [1.807, 2.05) is 0 Å². The van der Waals surface area contributed by atoms with Crippen molar-refractivity contribution in [2.45, 2.75) is 43.9 Å². The highest BCUT2D eigenvalue weighted by atomic mass is 15.1. The number of fused-ring (bicyclic) bond motifs is 20. The molecule has 1 heteroatoms. The number of benzene rings is 11. The molecule has 0 fully saturated rings. The van der Waals surface area contributed by atoms with Crippen LogP contribution in [0.1, 0.15) is 72.2 Å². The molecule has 0 amide bonds. The first-order valence-electron chi connectivity index (χ1n) is 24.9. The molecule has 0 radical (unpaired) electrons. The fraction of sp³-hybridized carbons (Fsp3) is 0.101. The molecule has 0 N–H and O–H groups in total. The van der Waals surface area contributed by atoms with Crippen LogP contribution >= 0.6 is 0 Å². The van der Waals surface area contributed by atoms with E-state index in [9.17, 15) is 0 Å². The van der Waals surface area contributed by atoms with Gasteiger partial charge in [-0.25, -0.2) is 0 Å². The van der Waals surface area contributed by atoms with E-state index in [4.69, 9.17) is 0 Å². The second-order valence-corrected chi connectivity index (χ2v) is 21.1. The SMILES string of the molecule is CC1(C)c2ccccc2-c2c(N(c3ccc(-c4ccc5c(c4)C4(c6ccccc6-c6ccccc64)c4ccccc4-5)cc3)c3cc4ccccc4c4c3-c3ccccc3C4(C)C)cc3ccccc3c21. The molecule has 15 rings (SSSR count). The topological polar surface area (TPSA) is 3.24 Å². The molecule has 0 unspecified atom stereocenters. The predicted octanol–water partition coefficient (Wildman–Crippen LogP) is 18.1. The number of hydrogen-bond acceptors (Lipinski definition) is 1. The van der Waals surface area contributed by atoms with E-state index in [-0.39, 0.29) is 10.8 Å². The molecule has 0 aromatic heterocycles. The Bertz CT molecular complexity index is 3860. The molecule has 11 aromatic rings. The summed E-state index contributed by atoms with van der Waals surface area (Å²) in [5, 5.41) is 5.13. The van der Waals surface area contributed by atoms with Gasteiger partial charge in [-0.1, -0.05) is 222 Å². The average molecular weight is 892 g/mol. The van der Waals surface area contributed by atoms with Gasteiger partial charge in [0.15, 0.2) is 0 Å². The van der Waals surface area contributed by atoms with Crippen LogP contribution in [0.25, 0.3) is 77.2 Å². The molecule has 0 atom stereocenters. The van der Waals surface area contributed by atoms with Crippen LogP contribution in [0.15, 0.2) is 224 Å². The summed E-state index contributed by atoms with van der Waals surface area (Å²) in [5.74, 6) is 0. The minimum atomic E-state index is -0.396. The predicted molar refractivity (Wildman–Crippen MR) is 293 cm³/mol. The van der Waals surface area contributed by atoms with E-state index in [0.717, 1.165) is 5.69 Å². The average Bonchev–Trinajstić information content (AvgIpc) is 4.04. The lowest BCUT2D eigenvalue weighted by molar-refractivity contribution is 0.666. The van der Waals surface area contributed by atoms with Crippen molar-refractivity contribution in [2.24, 2.45) is 0 Å². The molecule has 330 valence electrons. The summed E-state index contributed by atoms with van der Waals surface area (Å²) in [5.41, 5.74) is 26.7. The van der Waals surface area contributed by atoms with Gasteiger partial charge in [-0.05, 0) is 141 Å². The van der Waals surface area contributed by atoms with Gasteiger partial charge in [0, 0.05) is 27.6 Å². The van der Waals surface area contributed by atoms with Crippen molar-refractivity contribution < 1.29 is 0 Å². The maximum Gasteiger partial charge on any atom is 0.0725 e. The summed E-state index contributed by atoms with van der Waals surface area (Å²) >= 11 is 0. The summed E-state index contributed by atoms with van der Waals surface area (Å²) in [6.45, 7) is 9.67. The lowest BCUT2D eigenvalue weighted by Crippen LogP contribution is -2.25. The van der Waals surface area contributed by atoms with E-state index in [2.05, 4.69) is 257 Å². The molecule has 11 aromatic carbocycles. The van der Waals surface area contributed by atoms with Crippen molar-refractivity contribution >= 4 is 38.6 Å². The van der Waals surface area contributed by atoms with E-state index >= 15 is 0 Å². The van der Waals surface area contributed by atoms with Gasteiger partial charge in [-0.3, -0.25) is 0 Å². The van der Waals surface area contributed by atoms with Crippen molar-refractivity contribution in [3.63, 3.8) is 0 Å². The third kappa shape index (κ3) is 4.97. The normalized spacial score (nSPS) is 15.2. The van der Waals surface area contributed by atoms with Gasteiger partial charge in [-0.2, -0.15) is 0 Å². The Kier molecular flexibility index (Phi) is 7.90. The standard InChI is InChI=1S/C69H49N/c1-67(2)55-28-14-12-26-53(55)63-61(40-44-19-5-7-21-47(44)65(63)67)70(62-41-45-20-6-8-22-48(45)66-64(62)54-27-13-15-29-56(54)68(66,3)4)46-36-33-42(34-37-46)43-35-38-52-51-25-11-18-32-59(51)69(60(52)39-43)57-30-16-9-23-49(57)50-24-10-17-31-58(50)69/h5-41H,1-4H3. The number of rotatable bonds is 4. The molecular formula is C69H49N. The zero-order valence-corrected chi connectivity index (χ0v) is 39.8. The van der Waals surface area contributed by atoms with Crippen LogP contribution in [0.5, 0.6) is 0 Å². The first kappa shape index (κ1) is 39.7. The van der Waals surface area contributed by atoms with Crippen LogP contribution in [0.2, 0.25) is 0 Å². The monoisotopic (exact) mass is 891 g/mol. The van der Waals surface area contributed by atoms with Crippen LogP contribution in [0, 0.1) is 0 Å². The van der Waals surface area contributed by atoms with Crippen molar-refractivity contribution in [3.8, 4) is 55.6 Å². The zero-order valence-electron chi connectivity index (χ0n) is 39.8. The maximum atomic E-state index is 2.62. The highest BCUT2D eigenvalue weighted by Gasteiger charge is 2.51. The largest absolute Gasteiger partial charge is 0.309 e. The Balaban J connectivity index is 0.985. The molecular weight excluding hydrogens is 843 g/mol. The van der Waals surface area contributed by atoms with Crippen LogP contribution in [-0.2, 0) is 16.2 Å². The molecule has 0 bridgehead atoms. The Morgan fingerprint density at radius 3 is 1.14 bits per heavy atom. The van der Waals surface area contributed by atoms with Crippen molar-refractivity contribution in [1.82, 2.24) is 0 Å². The molecule has 1 spiro atoms. The minimum absolute atomic E-state index is 0.206. The molecule has 0 heterocycles. The van der Waals surface area contributed by atoms with Gasteiger partial charge in [0.05, 0.1) is 16.8 Å². The molecule has 0 aliphatic heterocycles. The number of nitrogens with zero attached hydrogens (tertiary/aromatic N) is 1. The molecule has 1 nitrogen and oxygen atoms in total. The molecule has 70 heavy (non-hydrogen) atoms. The first-order chi connectivity index (χ1) is 34.3. The fourth-order valence-corrected chi connectivity index (χ4v) is 14.1. The van der Waals surface area contributed by atoms with E-state index in [1.165, 1.54) is 133 Å². The molecule has 4 aliphatic carbocycles. The summed E-state index contributed by atoms with van der Waals surface area (Å²) in [6, 6.07) is 85.3. The molecule has 4 aliphatic rings. The summed E-state index contributed by atoms with van der Waals surface area (Å²) in [7, 11) is 0. The summed E-state index contributed by atoms with van der Waals surface area (Å²) in [6.07, 6.45) is 0. The van der Waals surface area contributed by atoms with Crippen LogP contribution < -0.4 is 4.90 Å². The first-order valence-corrected chi connectivity index (χ1v) is 24.9. The maximum absolute atomic E-state index is 2.62. The summed E-state index contributed by atoms with van der Waals surface area (Å²) in [4.78, 5) is 2.62. The second kappa shape index (κ2) is 13.9. The smallest absolute Gasteiger partial charge is 0.0725 e. The van der Waals surface area contributed by atoms with E-state index < -0.39 is 5.41 Å². The second-order valence-electron chi connectivity index (χ2n) is 21.1. The van der Waals surface area contributed by atoms with Crippen LogP contribution in [0.3, 0.4) is 0 Å². The number of anilines is 3. The van der Waals surface area contributed by atoms with Gasteiger partial charge in [-0.15, -0.1) is 0 Å². The number of hydrogen-bond donors (Lipinski definition) is 0. The van der Waals surface area contributed by atoms with Gasteiger partial charge in [0.2, 0.25) is 0 Å². The quantitative estimate of drug-likeness (QED) is 0.170. The minimum Gasteiger partial charge on any atom is -0.309 e. The van der Waals surface area contributed by atoms with Crippen molar-refractivity contribution in [1.29, 1.82) is 0 Å².